The summed E-state index contributed by atoms with van der Waals surface area (Å²) in [4.78, 5) is 10.9. The van der Waals surface area contributed by atoms with Gasteiger partial charge in [0, 0.05) is 18.7 Å². The summed E-state index contributed by atoms with van der Waals surface area (Å²) < 4.78 is 55.1. The third-order valence-electron chi connectivity index (χ3n) is 4.80. The van der Waals surface area contributed by atoms with E-state index in [9.17, 15) is 21.6 Å². The van der Waals surface area contributed by atoms with Crippen LogP contribution in [-0.2, 0) is 24.6 Å². The molecule has 1 heterocycles. The largest absolute Gasteiger partial charge is 0.507 e. The highest BCUT2D eigenvalue weighted by molar-refractivity contribution is 7.90. The smallest absolute Gasteiger partial charge is 0.450 e. The SMILES string of the molecule is CS(=O)(=O)c1ccc(S(=O)(=O)N2C(OC(=O)O)CC3CCCC32)cc1. The van der Waals surface area contributed by atoms with Crippen molar-refractivity contribution < 1.29 is 31.5 Å². The van der Waals surface area contributed by atoms with Gasteiger partial charge in [-0.05, 0) is 43.0 Å². The summed E-state index contributed by atoms with van der Waals surface area (Å²) in [5.41, 5.74) is 0. The molecule has 138 valence electrons. The van der Waals surface area contributed by atoms with E-state index in [0.29, 0.717) is 12.8 Å². The van der Waals surface area contributed by atoms with Crippen molar-refractivity contribution in [2.75, 3.05) is 6.26 Å². The Kier molecular flexibility index (Phi) is 4.54. The third-order valence-corrected chi connectivity index (χ3v) is 7.86. The maximum atomic E-state index is 13.0. The lowest BCUT2D eigenvalue weighted by Crippen LogP contribution is -2.43. The van der Waals surface area contributed by atoms with Gasteiger partial charge in [-0.2, -0.15) is 4.31 Å². The van der Waals surface area contributed by atoms with Crippen molar-refractivity contribution in [3.63, 3.8) is 0 Å². The van der Waals surface area contributed by atoms with Crippen LogP contribution in [0.15, 0.2) is 34.1 Å². The standard InChI is InChI=1S/C15H19NO7S2/c1-24(19,20)11-5-7-12(8-6-11)25(21,22)16-13-4-2-3-10(13)9-14(16)23-15(17)18/h5-8,10,13-14H,2-4,9H2,1H3,(H,17,18). The molecule has 1 N–H and O–H groups in total. The topological polar surface area (TPSA) is 118 Å². The van der Waals surface area contributed by atoms with Gasteiger partial charge in [-0.1, -0.05) is 6.42 Å². The molecule has 0 bridgehead atoms. The minimum atomic E-state index is -4.00. The highest BCUT2D eigenvalue weighted by atomic mass is 32.2. The number of rotatable bonds is 4. The van der Waals surface area contributed by atoms with E-state index in [0.717, 1.165) is 23.4 Å². The molecule has 10 heteroatoms. The van der Waals surface area contributed by atoms with Crippen LogP contribution in [0.4, 0.5) is 4.79 Å². The van der Waals surface area contributed by atoms with Gasteiger partial charge in [0.05, 0.1) is 9.79 Å². The van der Waals surface area contributed by atoms with E-state index in [4.69, 9.17) is 9.84 Å². The molecule has 25 heavy (non-hydrogen) atoms. The van der Waals surface area contributed by atoms with E-state index < -0.39 is 32.2 Å². The first kappa shape index (κ1) is 18.2. The van der Waals surface area contributed by atoms with Crippen molar-refractivity contribution in [3.05, 3.63) is 24.3 Å². The molecule has 1 aromatic carbocycles. The predicted octanol–water partition coefficient (Wildman–Crippen LogP) is 1.67. The molecule has 3 atom stereocenters. The molecule has 1 aliphatic carbocycles. The summed E-state index contributed by atoms with van der Waals surface area (Å²) in [5.74, 6) is 0.0782. The van der Waals surface area contributed by atoms with Crippen molar-refractivity contribution in [1.82, 2.24) is 4.31 Å². The van der Waals surface area contributed by atoms with Crippen LogP contribution in [0.1, 0.15) is 25.7 Å². The zero-order valence-corrected chi connectivity index (χ0v) is 15.2. The van der Waals surface area contributed by atoms with Gasteiger partial charge >= 0.3 is 6.16 Å². The summed E-state index contributed by atoms with van der Waals surface area (Å²) in [6.45, 7) is 0. The molecule has 0 amide bonds. The Hall–Kier alpha value is -1.65. The predicted molar refractivity (Wildman–Crippen MR) is 87.2 cm³/mol. The number of benzene rings is 1. The average Bonchev–Trinajstić information content (AvgIpc) is 3.06. The lowest BCUT2D eigenvalue weighted by Gasteiger charge is -2.27. The van der Waals surface area contributed by atoms with Crippen LogP contribution in [0.25, 0.3) is 0 Å². The number of ether oxygens (including phenoxy) is 1. The minimum absolute atomic E-state index is 0.0185. The van der Waals surface area contributed by atoms with E-state index in [1.807, 2.05) is 0 Å². The van der Waals surface area contributed by atoms with Crippen LogP contribution >= 0.6 is 0 Å². The van der Waals surface area contributed by atoms with Crippen molar-refractivity contribution in [2.45, 2.75) is 47.7 Å². The molecule has 1 aliphatic heterocycles. The number of sulfone groups is 1. The van der Waals surface area contributed by atoms with Gasteiger partial charge in [0.25, 0.3) is 0 Å². The summed E-state index contributed by atoms with van der Waals surface area (Å²) in [6.07, 6.45) is 1.20. The van der Waals surface area contributed by atoms with Gasteiger partial charge < -0.3 is 9.84 Å². The zero-order chi connectivity index (χ0) is 18.4. The number of carbonyl (C=O) groups is 1. The molecule has 3 unspecified atom stereocenters. The van der Waals surface area contributed by atoms with Crippen molar-refractivity contribution >= 4 is 26.0 Å². The van der Waals surface area contributed by atoms with Crippen molar-refractivity contribution in [3.8, 4) is 0 Å². The van der Waals surface area contributed by atoms with Crippen LogP contribution in [0.2, 0.25) is 0 Å². The molecule has 1 saturated carbocycles. The van der Waals surface area contributed by atoms with Gasteiger partial charge in [0.1, 0.15) is 0 Å². The molecule has 2 fully saturated rings. The van der Waals surface area contributed by atoms with Crippen LogP contribution in [0.5, 0.6) is 0 Å². The number of hydrogen-bond donors (Lipinski definition) is 1. The molecule has 0 radical (unpaired) electrons. The van der Waals surface area contributed by atoms with E-state index in [-0.39, 0.29) is 21.8 Å². The molecule has 3 rings (SSSR count). The zero-order valence-electron chi connectivity index (χ0n) is 13.5. The second kappa shape index (κ2) is 6.26. The first-order valence-corrected chi connectivity index (χ1v) is 11.2. The molecular formula is C15H19NO7S2. The van der Waals surface area contributed by atoms with Crippen LogP contribution in [0, 0.1) is 5.92 Å². The Labute approximate surface area is 146 Å². The first-order valence-electron chi connectivity index (χ1n) is 7.84. The second-order valence-electron chi connectivity index (χ2n) is 6.41. The van der Waals surface area contributed by atoms with E-state index >= 15 is 0 Å². The number of sulfonamides is 1. The van der Waals surface area contributed by atoms with E-state index in [1.165, 1.54) is 24.3 Å². The van der Waals surface area contributed by atoms with Crippen molar-refractivity contribution in [2.24, 2.45) is 5.92 Å². The summed E-state index contributed by atoms with van der Waals surface area (Å²) >= 11 is 0. The van der Waals surface area contributed by atoms with Crippen molar-refractivity contribution in [1.29, 1.82) is 0 Å². The van der Waals surface area contributed by atoms with Gasteiger partial charge in [-0.15, -0.1) is 0 Å². The second-order valence-corrected chi connectivity index (χ2v) is 10.3. The number of hydrogen-bond acceptors (Lipinski definition) is 6. The summed E-state index contributed by atoms with van der Waals surface area (Å²) in [6, 6.07) is 4.64. The Bertz CT molecular complexity index is 877. The highest BCUT2D eigenvalue weighted by Gasteiger charge is 2.51. The van der Waals surface area contributed by atoms with Gasteiger partial charge in [-0.25, -0.2) is 21.6 Å². The Balaban J connectivity index is 1.97. The average molecular weight is 389 g/mol. The normalized spacial score (nSPS) is 27.2. The monoisotopic (exact) mass is 389 g/mol. The Morgan fingerprint density at radius 2 is 1.72 bits per heavy atom. The minimum Gasteiger partial charge on any atom is -0.450 e. The maximum Gasteiger partial charge on any atom is 0.507 e. The van der Waals surface area contributed by atoms with E-state index in [1.54, 1.807) is 0 Å². The lowest BCUT2D eigenvalue weighted by molar-refractivity contribution is 0.00937. The summed E-state index contributed by atoms with van der Waals surface area (Å²) in [5, 5.41) is 8.91. The molecule has 2 aliphatic rings. The molecule has 1 saturated heterocycles. The number of fused-ring (bicyclic) bond motifs is 1. The maximum absolute atomic E-state index is 13.0. The summed E-state index contributed by atoms with van der Waals surface area (Å²) in [7, 11) is -7.44. The molecule has 0 spiro atoms. The van der Waals surface area contributed by atoms with E-state index in [2.05, 4.69) is 0 Å². The van der Waals surface area contributed by atoms with Crippen LogP contribution < -0.4 is 0 Å². The van der Waals surface area contributed by atoms with Gasteiger partial charge in [0.15, 0.2) is 16.1 Å². The van der Waals surface area contributed by atoms with Crippen LogP contribution in [0.3, 0.4) is 0 Å². The lowest BCUT2D eigenvalue weighted by atomic mass is 10.0. The number of carboxylic acid groups (broad SMARTS) is 1. The molecule has 1 aromatic rings. The quantitative estimate of drug-likeness (QED) is 0.778. The fourth-order valence-corrected chi connectivity index (χ4v) is 6.16. The highest BCUT2D eigenvalue weighted by Crippen LogP contribution is 2.44. The fraction of sp³-hybridized carbons (Fsp3) is 0.533. The molecule has 8 nitrogen and oxygen atoms in total. The molecule has 0 aromatic heterocycles. The van der Waals surface area contributed by atoms with Gasteiger partial charge in [0.2, 0.25) is 10.0 Å². The molecular weight excluding hydrogens is 370 g/mol. The Morgan fingerprint density at radius 3 is 2.28 bits per heavy atom. The van der Waals surface area contributed by atoms with Gasteiger partial charge in [-0.3, -0.25) is 0 Å². The fourth-order valence-electron chi connectivity index (χ4n) is 3.73. The Morgan fingerprint density at radius 1 is 1.12 bits per heavy atom. The van der Waals surface area contributed by atoms with Crippen LogP contribution in [-0.4, -0.2) is 50.9 Å². The third kappa shape index (κ3) is 3.38. The first-order chi connectivity index (χ1) is 11.6. The number of nitrogens with zero attached hydrogens (tertiary/aromatic N) is 1.